The van der Waals surface area contributed by atoms with Crippen LogP contribution in [0, 0.1) is 0 Å². The highest BCUT2D eigenvalue weighted by Gasteiger charge is 2.22. The van der Waals surface area contributed by atoms with Crippen LogP contribution in [0.3, 0.4) is 0 Å². The number of hydrogen-bond acceptors (Lipinski definition) is 6. The van der Waals surface area contributed by atoms with Crippen LogP contribution in [-0.4, -0.2) is 23.0 Å². The van der Waals surface area contributed by atoms with Crippen molar-refractivity contribution in [2.45, 2.75) is 19.6 Å². The largest absolute Gasteiger partial charge is 0.448 e. The Bertz CT molecular complexity index is 1010. The van der Waals surface area contributed by atoms with Crippen molar-refractivity contribution < 1.29 is 14.3 Å². The van der Waals surface area contributed by atoms with E-state index in [4.69, 9.17) is 27.9 Å². The molecule has 0 fully saturated rings. The maximum Gasteiger partial charge on any atom is 0.358 e. The molecule has 0 unspecified atom stereocenters. The predicted octanol–water partition coefficient (Wildman–Crippen LogP) is 5.25. The molecule has 0 radical (unpaired) electrons. The van der Waals surface area contributed by atoms with E-state index in [0.717, 1.165) is 5.56 Å². The van der Waals surface area contributed by atoms with Gasteiger partial charge in [0.1, 0.15) is 0 Å². The molecule has 0 saturated carbocycles. The Morgan fingerprint density at radius 3 is 2.66 bits per heavy atom. The highest BCUT2D eigenvalue weighted by atomic mass is 35.5. The number of aromatic nitrogens is 1. The minimum atomic E-state index is -1.04. The summed E-state index contributed by atoms with van der Waals surface area (Å²) in [6.07, 6.45) is -1.04. The van der Waals surface area contributed by atoms with Crippen LogP contribution in [0.15, 0.2) is 53.9 Å². The Hall–Kier alpha value is -2.61. The summed E-state index contributed by atoms with van der Waals surface area (Å²) in [6.45, 7) is 2.05. The van der Waals surface area contributed by atoms with Gasteiger partial charge in [0.2, 0.25) is 0 Å². The van der Waals surface area contributed by atoms with Gasteiger partial charge in [0, 0.05) is 11.9 Å². The van der Waals surface area contributed by atoms with Gasteiger partial charge in [-0.25, -0.2) is 9.78 Å². The molecule has 3 rings (SSSR count). The van der Waals surface area contributed by atoms with Crippen molar-refractivity contribution in [1.29, 1.82) is 0 Å². The molecule has 1 heterocycles. The first kappa shape index (κ1) is 21.1. The van der Waals surface area contributed by atoms with Gasteiger partial charge >= 0.3 is 5.97 Å². The molecule has 0 spiro atoms. The van der Waals surface area contributed by atoms with Crippen LogP contribution in [0.25, 0.3) is 0 Å². The number of hydrogen-bond donors (Lipinski definition) is 2. The van der Waals surface area contributed by atoms with E-state index in [2.05, 4.69) is 15.6 Å². The van der Waals surface area contributed by atoms with E-state index in [-0.39, 0.29) is 10.7 Å². The van der Waals surface area contributed by atoms with E-state index in [0.29, 0.717) is 22.4 Å². The van der Waals surface area contributed by atoms with E-state index in [1.54, 1.807) is 23.6 Å². The number of carbonyl (C=O) groups is 2. The highest BCUT2D eigenvalue weighted by Crippen LogP contribution is 2.29. The molecule has 1 aromatic heterocycles. The minimum absolute atomic E-state index is 0.131. The number of benzene rings is 2. The van der Waals surface area contributed by atoms with Crippen molar-refractivity contribution in [3.05, 3.63) is 75.2 Å². The lowest BCUT2D eigenvalue weighted by atomic mass is 10.2. The third-order valence-corrected chi connectivity index (χ3v) is 5.48. The number of nitrogens with zero attached hydrogens (tertiary/aromatic N) is 1. The summed E-state index contributed by atoms with van der Waals surface area (Å²) < 4.78 is 5.21. The number of thiazole rings is 1. The van der Waals surface area contributed by atoms with Gasteiger partial charge in [0.25, 0.3) is 5.91 Å². The molecule has 2 aromatic carbocycles. The molecule has 1 atom stereocenters. The topological polar surface area (TPSA) is 80.3 Å². The lowest BCUT2D eigenvalue weighted by Crippen LogP contribution is -2.30. The maximum absolute atomic E-state index is 12.3. The number of amides is 1. The monoisotopic (exact) mass is 449 g/mol. The molecule has 3 aromatic rings. The van der Waals surface area contributed by atoms with Crippen LogP contribution >= 0.6 is 34.5 Å². The van der Waals surface area contributed by atoms with E-state index >= 15 is 0 Å². The summed E-state index contributed by atoms with van der Waals surface area (Å²) in [5.41, 5.74) is 1.57. The lowest BCUT2D eigenvalue weighted by molar-refractivity contribution is -0.123. The molecule has 29 heavy (non-hydrogen) atoms. The Morgan fingerprint density at radius 2 is 1.90 bits per heavy atom. The van der Waals surface area contributed by atoms with Gasteiger partial charge in [0.15, 0.2) is 16.9 Å². The van der Waals surface area contributed by atoms with Crippen molar-refractivity contribution in [1.82, 2.24) is 4.98 Å². The zero-order valence-corrected chi connectivity index (χ0v) is 17.6. The van der Waals surface area contributed by atoms with Crippen LogP contribution in [0.5, 0.6) is 0 Å². The van der Waals surface area contributed by atoms with Crippen molar-refractivity contribution in [2.24, 2.45) is 0 Å². The number of nitrogens with one attached hydrogen (secondary N) is 2. The predicted molar refractivity (Wildman–Crippen MR) is 116 cm³/mol. The van der Waals surface area contributed by atoms with Crippen molar-refractivity contribution in [3.63, 3.8) is 0 Å². The second-order valence-corrected chi connectivity index (χ2v) is 7.66. The number of anilines is 2. The Morgan fingerprint density at radius 1 is 1.14 bits per heavy atom. The normalized spacial score (nSPS) is 11.6. The summed E-state index contributed by atoms with van der Waals surface area (Å²) in [4.78, 5) is 28.8. The van der Waals surface area contributed by atoms with Gasteiger partial charge < -0.3 is 15.4 Å². The Kier molecular flexibility index (Phi) is 7.09. The van der Waals surface area contributed by atoms with E-state index in [9.17, 15) is 9.59 Å². The summed E-state index contributed by atoms with van der Waals surface area (Å²) in [7, 11) is 0. The minimum Gasteiger partial charge on any atom is -0.448 e. The highest BCUT2D eigenvalue weighted by molar-refractivity contribution is 7.13. The number of ether oxygens (including phenoxy) is 1. The molecule has 0 bridgehead atoms. The zero-order valence-electron chi connectivity index (χ0n) is 15.3. The summed E-state index contributed by atoms with van der Waals surface area (Å²) in [6, 6.07) is 14.7. The fourth-order valence-electron chi connectivity index (χ4n) is 2.33. The molecule has 1 amide bonds. The molecule has 0 aliphatic rings. The molecule has 0 aliphatic carbocycles. The molecule has 0 saturated heterocycles. The molecule has 0 aliphatic heterocycles. The summed E-state index contributed by atoms with van der Waals surface area (Å²) in [5, 5.41) is 8.43. The van der Waals surface area contributed by atoms with Gasteiger partial charge in [-0.05, 0) is 24.6 Å². The SMILES string of the molecule is C[C@@H](OC(=O)c1csc(NCc2ccccc2)n1)C(=O)Nc1cccc(Cl)c1Cl. The van der Waals surface area contributed by atoms with Crippen LogP contribution in [0.1, 0.15) is 23.0 Å². The first-order chi connectivity index (χ1) is 13.9. The van der Waals surface area contributed by atoms with Gasteiger partial charge in [-0.15, -0.1) is 11.3 Å². The van der Waals surface area contributed by atoms with E-state index < -0.39 is 18.0 Å². The van der Waals surface area contributed by atoms with Crippen molar-refractivity contribution in [2.75, 3.05) is 10.6 Å². The first-order valence-corrected chi connectivity index (χ1v) is 10.3. The van der Waals surface area contributed by atoms with E-state index in [1.807, 2.05) is 30.3 Å². The standard InChI is InChI=1S/C20H17Cl2N3O3S/c1-12(18(26)24-15-9-5-8-14(21)17(15)22)28-19(27)16-11-29-20(25-16)23-10-13-6-3-2-4-7-13/h2-9,11-12H,10H2,1H3,(H,23,25)(H,24,26)/t12-/m1/s1. The fraction of sp³-hybridized carbons (Fsp3) is 0.150. The molecule has 2 N–H and O–H groups in total. The van der Waals surface area contributed by atoms with Gasteiger partial charge in [0.05, 0.1) is 15.7 Å². The summed E-state index contributed by atoms with van der Waals surface area (Å²) >= 11 is 13.3. The maximum atomic E-state index is 12.3. The quantitative estimate of drug-likeness (QED) is 0.481. The smallest absolute Gasteiger partial charge is 0.358 e. The van der Waals surface area contributed by atoms with Crippen LogP contribution < -0.4 is 10.6 Å². The fourth-order valence-corrected chi connectivity index (χ4v) is 3.36. The third kappa shape index (κ3) is 5.69. The van der Waals surface area contributed by atoms with Crippen molar-refractivity contribution in [3.8, 4) is 0 Å². The number of carbonyl (C=O) groups excluding carboxylic acids is 2. The molecule has 150 valence electrons. The van der Waals surface area contributed by atoms with Crippen LogP contribution in [0.2, 0.25) is 10.0 Å². The molecular formula is C20H17Cl2N3O3S. The van der Waals surface area contributed by atoms with Gasteiger partial charge in [-0.3, -0.25) is 4.79 Å². The van der Waals surface area contributed by atoms with Gasteiger partial charge in [-0.2, -0.15) is 0 Å². The number of esters is 1. The second-order valence-electron chi connectivity index (χ2n) is 6.02. The Balaban J connectivity index is 1.54. The average Bonchev–Trinajstić information content (AvgIpc) is 3.20. The van der Waals surface area contributed by atoms with Crippen LogP contribution in [0.4, 0.5) is 10.8 Å². The van der Waals surface area contributed by atoms with Gasteiger partial charge in [-0.1, -0.05) is 59.6 Å². The third-order valence-electron chi connectivity index (χ3n) is 3.86. The molecular weight excluding hydrogens is 433 g/mol. The Labute approximate surface area is 181 Å². The zero-order chi connectivity index (χ0) is 20.8. The number of halogens is 2. The van der Waals surface area contributed by atoms with E-state index in [1.165, 1.54) is 18.3 Å². The first-order valence-electron chi connectivity index (χ1n) is 8.63. The summed E-state index contributed by atoms with van der Waals surface area (Å²) in [5.74, 6) is -1.21. The van der Waals surface area contributed by atoms with Crippen LogP contribution in [-0.2, 0) is 16.1 Å². The molecule has 6 nitrogen and oxygen atoms in total. The molecule has 9 heteroatoms. The van der Waals surface area contributed by atoms with Crippen molar-refractivity contribution >= 4 is 57.2 Å². The second kappa shape index (κ2) is 9.73. The lowest BCUT2D eigenvalue weighted by Gasteiger charge is -2.14. The number of rotatable bonds is 7. The average molecular weight is 450 g/mol.